The smallest absolute Gasteiger partial charge is 0.0419 e. The average molecular weight is 227 g/mol. The van der Waals surface area contributed by atoms with Gasteiger partial charge >= 0.3 is 0 Å². The molecule has 0 saturated carbocycles. The number of hydrogen-bond acceptors (Lipinski definition) is 1. The molecule has 1 nitrogen and oxygen atoms in total. The number of allylic oxidation sites excluding steroid dienone is 2. The first kappa shape index (κ1) is 12.0. The Morgan fingerprint density at radius 3 is 2.53 bits per heavy atom. The van der Waals surface area contributed by atoms with Gasteiger partial charge in [-0.3, -0.25) is 0 Å². The largest absolute Gasteiger partial charge is 0.381 e. The van der Waals surface area contributed by atoms with Crippen molar-refractivity contribution >= 4 is 5.70 Å². The van der Waals surface area contributed by atoms with Gasteiger partial charge in [0.25, 0.3) is 0 Å². The van der Waals surface area contributed by atoms with E-state index >= 15 is 0 Å². The third kappa shape index (κ3) is 3.00. The average Bonchev–Trinajstić information content (AvgIpc) is 2.30. The summed E-state index contributed by atoms with van der Waals surface area (Å²) in [5, 5.41) is 3.52. The first-order valence-corrected chi connectivity index (χ1v) is 6.36. The van der Waals surface area contributed by atoms with Crippen LogP contribution in [-0.2, 0) is 0 Å². The van der Waals surface area contributed by atoms with Crippen molar-refractivity contribution in [2.45, 2.75) is 27.2 Å². The van der Waals surface area contributed by atoms with Crippen molar-refractivity contribution in [3.05, 3.63) is 53.1 Å². The van der Waals surface area contributed by atoms with Crippen LogP contribution in [-0.4, -0.2) is 6.54 Å². The van der Waals surface area contributed by atoms with E-state index in [4.69, 9.17) is 0 Å². The van der Waals surface area contributed by atoms with E-state index < -0.39 is 0 Å². The zero-order valence-corrected chi connectivity index (χ0v) is 11.0. The zero-order chi connectivity index (χ0) is 12.3. The van der Waals surface area contributed by atoms with Crippen LogP contribution in [0.4, 0.5) is 0 Å². The Kier molecular flexibility index (Phi) is 3.68. The number of hydrogen-bond donors (Lipinski definition) is 1. The molecule has 1 heterocycles. The Morgan fingerprint density at radius 2 is 1.94 bits per heavy atom. The van der Waals surface area contributed by atoms with Crippen molar-refractivity contribution < 1.29 is 0 Å². The van der Waals surface area contributed by atoms with Gasteiger partial charge in [0.05, 0.1) is 0 Å². The minimum absolute atomic E-state index is 0.733. The molecule has 1 aliphatic heterocycles. The predicted molar refractivity (Wildman–Crippen MR) is 74.7 cm³/mol. The molecule has 0 amide bonds. The summed E-state index contributed by atoms with van der Waals surface area (Å²) in [7, 11) is 0. The van der Waals surface area contributed by atoms with Gasteiger partial charge in [-0.2, -0.15) is 0 Å². The Bertz CT molecular complexity index is 452. The second-order valence-corrected chi connectivity index (χ2v) is 5.17. The van der Waals surface area contributed by atoms with Crippen molar-refractivity contribution in [3.8, 4) is 0 Å². The van der Waals surface area contributed by atoms with E-state index in [0.29, 0.717) is 0 Å². The van der Waals surface area contributed by atoms with Gasteiger partial charge in [-0.1, -0.05) is 49.8 Å². The first-order chi connectivity index (χ1) is 8.16. The SMILES string of the molecule is Cc1ccccc1C1=CC=C(CC(C)C)CN1. The lowest BCUT2D eigenvalue weighted by atomic mass is 9.98. The van der Waals surface area contributed by atoms with Crippen molar-refractivity contribution in [1.82, 2.24) is 5.32 Å². The van der Waals surface area contributed by atoms with Crippen LogP contribution < -0.4 is 5.32 Å². The fraction of sp³-hybridized carbons (Fsp3) is 0.375. The van der Waals surface area contributed by atoms with Crippen LogP contribution in [0.25, 0.3) is 5.70 Å². The molecule has 90 valence electrons. The number of aryl methyl sites for hydroxylation is 1. The Labute approximate surface area is 104 Å². The van der Waals surface area contributed by atoms with E-state index in [-0.39, 0.29) is 0 Å². The van der Waals surface area contributed by atoms with E-state index in [1.54, 1.807) is 0 Å². The summed E-state index contributed by atoms with van der Waals surface area (Å²) >= 11 is 0. The summed E-state index contributed by atoms with van der Waals surface area (Å²) in [4.78, 5) is 0. The predicted octanol–water partition coefficient (Wildman–Crippen LogP) is 3.91. The summed E-state index contributed by atoms with van der Waals surface area (Å²) in [5.74, 6) is 0.733. The van der Waals surface area contributed by atoms with Gasteiger partial charge in [-0.25, -0.2) is 0 Å². The number of benzene rings is 1. The maximum atomic E-state index is 3.52. The highest BCUT2D eigenvalue weighted by Crippen LogP contribution is 2.21. The molecule has 0 saturated heterocycles. The first-order valence-electron chi connectivity index (χ1n) is 6.36. The summed E-state index contributed by atoms with van der Waals surface area (Å²) in [6.07, 6.45) is 5.67. The molecule has 1 N–H and O–H groups in total. The Hall–Kier alpha value is -1.50. The second-order valence-electron chi connectivity index (χ2n) is 5.17. The molecule has 0 atom stereocenters. The second kappa shape index (κ2) is 5.22. The molecule has 1 aromatic rings. The lowest BCUT2D eigenvalue weighted by molar-refractivity contribution is 0.627. The van der Waals surface area contributed by atoms with Gasteiger partial charge in [0, 0.05) is 17.8 Å². The maximum Gasteiger partial charge on any atom is 0.0419 e. The molecule has 0 unspecified atom stereocenters. The fourth-order valence-corrected chi connectivity index (χ4v) is 2.25. The zero-order valence-electron chi connectivity index (χ0n) is 11.0. The van der Waals surface area contributed by atoms with Gasteiger partial charge in [0.1, 0.15) is 0 Å². The number of nitrogens with one attached hydrogen (secondary N) is 1. The molecule has 0 fully saturated rings. The molecule has 0 radical (unpaired) electrons. The molecule has 0 aromatic heterocycles. The molecular weight excluding hydrogens is 206 g/mol. The van der Waals surface area contributed by atoms with Gasteiger partial charge in [0.2, 0.25) is 0 Å². The summed E-state index contributed by atoms with van der Waals surface area (Å²) in [6, 6.07) is 8.51. The lowest BCUT2D eigenvalue weighted by Gasteiger charge is -2.20. The van der Waals surface area contributed by atoms with Crippen molar-refractivity contribution in [1.29, 1.82) is 0 Å². The van der Waals surface area contributed by atoms with Crippen molar-refractivity contribution in [2.75, 3.05) is 6.54 Å². The Morgan fingerprint density at radius 1 is 1.18 bits per heavy atom. The van der Waals surface area contributed by atoms with Gasteiger partial charge in [-0.05, 0) is 30.9 Å². The van der Waals surface area contributed by atoms with E-state index in [9.17, 15) is 0 Å². The molecule has 0 spiro atoms. The van der Waals surface area contributed by atoms with Gasteiger partial charge in [-0.15, -0.1) is 0 Å². The van der Waals surface area contributed by atoms with E-state index in [0.717, 1.165) is 12.5 Å². The number of dihydropyridines is 1. The minimum atomic E-state index is 0.733. The summed E-state index contributed by atoms with van der Waals surface area (Å²) in [6.45, 7) is 7.67. The van der Waals surface area contributed by atoms with E-state index in [1.165, 1.54) is 28.8 Å². The molecule has 1 aliphatic rings. The Balaban J connectivity index is 2.18. The standard InChI is InChI=1S/C16H21N/c1-12(2)10-14-8-9-16(17-11-14)15-7-5-4-6-13(15)3/h4-9,12,17H,10-11H2,1-3H3. The van der Waals surface area contributed by atoms with Crippen LogP contribution in [0.3, 0.4) is 0 Å². The van der Waals surface area contributed by atoms with Crippen molar-refractivity contribution in [3.63, 3.8) is 0 Å². The topological polar surface area (TPSA) is 12.0 Å². The fourth-order valence-electron chi connectivity index (χ4n) is 2.25. The van der Waals surface area contributed by atoms with E-state index in [2.05, 4.69) is 62.5 Å². The van der Waals surface area contributed by atoms with Crippen LogP contribution in [0.2, 0.25) is 0 Å². The molecule has 2 rings (SSSR count). The lowest BCUT2D eigenvalue weighted by Crippen LogP contribution is -2.20. The number of rotatable bonds is 3. The van der Waals surface area contributed by atoms with Gasteiger partial charge in [0.15, 0.2) is 0 Å². The van der Waals surface area contributed by atoms with Gasteiger partial charge < -0.3 is 5.32 Å². The molecule has 1 heteroatoms. The normalized spacial score (nSPS) is 15.3. The van der Waals surface area contributed by atoms with Crippen LogP contribution in [0, 0.1) is 12.8 Å². The van der Waals surface area contributed by atoms with Crippen LogP contribution >= 0.6 is 0 Å². The molecule has 17 heavy (non-hydrogen) atoms. The monoisotopic (exact) mass is 227 g/mol. The minimum Gasteiger partial charge on any atom is -0.381 e. The quantitative estimate of drug-likeness (QED) is 0.825. The third-order valence-corrected chi connectivity index (χ3v) is 3.10. The highest BCUT2D eigenvalue weighted by Gasteiger charge is 2.09. The molecule has 1 aromatic carbocycles. The van der Waals surface area contributed by atoms with Crippen LogP contribution in [0.15, 0.2) is 42.0 Å². The molecule has 0 bridgehead atoms. The van der Waals surface area contributed by atoms with Crippen LogP contribution in [0.1, 0.15) is 31.4 Å². The highest BCUT2D eigenvalue weighted by molar-refractivity contribution is 5.69. The highest BCUT2D eigenvalue weighted by atomic mass is 14.9. The van der Waals surface area contributed by atoms with E-state index in [1.807, 2.05) is 0 Å². The molecular formula is C16H21N. The summed E-state index contributed by atoms with van der Waals surface area (Å²) in [5.41, 5.74) is 5.38. The molecule has 0 aliphatic carbocycles. The summed E-state index contributed by atoms with van der Waals surface area (Å²) < 4.78 is 0. The van der Waals surface area contributed by atoms with Crippen molar-refractivity contribution in [2.24, 2.45) is 5.92 Å². The maximum absolute atomic E-state index is 3.52. The third-order valence-electron chi connectivity index (χ3n) is 3.10. The van der Waals surface area contributed by atoms with Crippen LogP contribution in [0.5, 0.6) is 0 Å².